The number of nitrogens with one attached hydrogen (secondary N) is 1. The van der Waals surface area contributed by atoms with Crippen LogP contribution in [-0.4, -0.2) is 18.2 Å². The van der Waals surface area contributed by atoms with Crippen molar-refractivity contribution in [3.8, 4) is 0 Å². The molecule has 0 aliphatic heterocycles. The molecular weight excluding hydrogens is 178 g/mol. The lowest BCUT2D eigenvalue weighted by molar-refractivity contribution is -0.139. The Balaban J connectivity index is 3.90. The minimum atomic E-state index is -0.492. The highest BCUT2D eigenvalue weighted by molar-refractivity contribution is 6.36. The van der Waals surface area contributed by atoms with Crippen molar-refractivity contribution in [2.75, 3.05) is 6.54 Å². The topological polar surface area (TPSA) is 46.2 Å². The molecule has 3 heteroatoms. The zero-order valence-corrected chi connectivity index (χ0v) is 9.01. The van der Waals surface area contributed by atoms with Crippen LogP contribution in [0.25, 0.3) is 0 Å². The van der Waals surface area contributed by atoms with Crippen LogP contribution in [0.3, 0.4) is 0 Å². The molecule has 0 aromatic carbocycles. The van der Waals surface area contributed by atoms with Crippen LogP contribution < -0.4 is 5.32 Å². The molecule has 0 heterocycles. The molecule has 0 aliphatic rings. The summed E-state index contributed by atoms with van der Waals surface area (Å²) in [7, 11) is 0. The fourth-order valence-electron chi connectivity index (χ4n) is 1.12. The first-order valence-corrected chi connectivity index (χ1v) is 5.06. The molecule has 0 spiro atoms. The normalized spacial score (nSPS) is 11.9. The van der Waals surface area contributed by atoms with Gasteiger partial charge in [0, 0.05) is 12.5 Å². The van der Waals surface area contributed by atoms with Crippen LogP contribution in [0.2, 0.25) is 0 Å². The van der Waals surface area contributed by atoms with Crippen LogP contribution >= 0.6 is 0 Å². The smallest absolute Gasteiger partial charge is 0.287 e. The largest absolute Gasteiger partial charge is 0.346 e. The first-order valence-electron chi connectivity index (χ1n) is 5.06. The Kier molecular flexibility index (Phi) is 6.72. The summed E-state index contributed by atoms with van der Waals surface area (Å²) in [5.74, 6) is -0.978. The summed E-state index contributed by atoms with van der Waals surface area (Å²) in [6.45, 7) is 7.67. The van der Waals surface area contributed by atoms with Crippen molar-refractivity contribution in [2.45, 2.75) is 33.1 Å². The van der Waals surface area contributed by atoms with Gasteiger partial charge in [0.25, 0.3) is 5.91 Å². The molecule has 1 atom stereocenters. The molecule has 0 radical (unpaired) electrons. The van der Waals surface area contributed by atoms with Gasteiger partial charge in [-0.25, -0.2) is 0 Å². The van der Waals surface area contributed by atoms with E-state index in [1.165, 1.54) is 0 Å². The second-order valence-corrected chi connectivity index (χ2v) is 3.41. The molecule has 0 aliphatic carbocycles. The van der Waals surface area contributed by atoms with E-state index in [9.17, 15) is 9.59 Å². The average Bonchev–Trinajstić information content (AvgIpc) is 2.21. The summed E-state index contributed by atoms with van der Waals surface area (Å²) in [5.41, 5.74) is 0. The molecule has 14 heavy (non-hydrogen) atoms. The number of Topliss-reactive ketones (excluding diaryl/α,β-unsaturated/α-hetero) is 1. The van der Waals surface area contributed by atoms with Gasteiger partial charge in [0.05, 0.1) is 0 Å². The van der Waals surface area contributed by atoms with Crippen molar-refractivity contribution in [3.63, 3.8) is 0 Å². The highest BCUT2D eigenvalue weighted by Crippen LogP contribution is 2.08. The molecular formula is C11H19NO2. The predicted molar refractivity (Wildman–Crippen MR) is 56.9 cm³/mol. The third kappa shape index (κ3) is 4.80. The number of carbonyl (C=O) groups excluding carboxylic acids is 2. The number of rotatable bonds is 7. The van der Waals surface area contributed by atoms with E-state index >= 15 is 0 Å². The molecule has 0 bridgehead atoms. The minimum Gasteiger partial charge on any atom is -0.346 e. The summed E-state index contributed by atoms with van der Waals surface area (Å²) in [6, 6.07) is 0. The van der Waals surface area contributed by atoms with Gasteiger partial charge in [-0.15, -0.1) is 6.58 Å². The maximum Gasteiger partial charge on any atom is 0.287 e. The molecule has 0 saturated heterocycles. The maximum absolute atomic E-state index is 11.4. The van der Waals surface area contributed by atoms with Gasteiger partial charge < -0.3 is 5.32 Å². The molecule has 0 rings (SSSR count). The fourth-order valence-corrected chi connectivity index (χ4v) is 1.12. The predicted octanol–water partition coefficient (Wildman–Crippen LogP) is 1.68. The Morgan fingerprint density at radius 3 is 2.64 bits per heavy atom. The Bertz CT molecular complexity index is 211. The van der Waals surface area contributed by atoms with Gasteiger partial charge in [-0.2, -0.15) is 0 Å². The monoisotopic (exact) mass is 197 g/mol. The van der Waals surface area contributed by atoms with E-state index in [-0.39, 0.29) is 11.7 Å². The quantitative estimate of drug-likeness (QED) is 0.498. The number of amides is 1. The van der Waals surface area contributed by atoms with E-state index in [0.717, 1.165) is 19.3 Å². The van der Waals surface area contributed by atoms with Gasteiger partial charge in [0.15, 0.2) is 0 Å². The molecule has 0 aromatic rings. The zero-order valence-electron chi connectivity index (χ0n) is 9.01. The summed E-state index contributed by atoms with van der Waals surface area (Å²) < 4.78 is 0. The Hall–Kier alpha value is -1.12. The standard InChI is InChI=1S/C11H19NO2/c1-4-6-7-9(3)10(13)11(14)12-8-5-2/h5,9H,2,4,6-8H2,1,3H3,(H,12,14)/t9-/m0/s1. The Labute approximate surface area is 85.6 Å². The highest BCUT2D eigenvalue weighted by atomic mass is 16.2. The van der Waals surface area contributed by atoms with Crippen LogP contribution in [0.5, 0.6) is 0 Å². The van der Waals surface area contributed by atoms with Crippen molar-refractivity contribution in [2.24, 2.45) is 5.92 Å². The van der Waals surface area contributed by atoms with Gasteiger partial charge in [-0.1, -0.05) is 32.8 Å². The van der Waals surface area contributed by atoms with Crippen molar-refractivity contribution in [1.29, 1.82) is 0 Å². The summed E-state index contributed by atoms with van der Waals surface area (Å²) in [6.07, 6.45) is 4.38. The Morgan fingerprint density at radius 1 is 1.50 bits per heavy atom. The lowest BCUT2D eigenvalue weighted by Crippen LogP contribution is -2.34. The number of unbranched alkanes of at least 4 members (excludes halogenated alkanes) is 1. The zero-order chi connectivity index (χ0) is 11.0. The molecule has 0 fully saturated rings. The molecule has 1 N–H and O–H groups in total. The van der Waals surface area contributed by atoms with Gasteiger partial charge >= 0.3 is 0 Å². The third-order valence-electron chi connectivity index (χ3n) is 2.07. The lowest BCUT2D eigenvalue weighted by atomic mass is 9.99. The van der Waals surface area contributed by atoms with E-state index in [1.54, 1.807) is 13.0 Å². The van der Waals surface area contributed by atoms with Crippen molar-refractivity contribution < 1.29 is 9.59 Å². The first-order chi connectivity index (χ1) is 6.63. The maximum atomic E-state index is 11.4. The second-order valence-electron chi connectivity index (χ2n) is 3.41. The average molecular weight is 197 g/mol. The molecule has 1 amide bonds. The lowest BCUT2D eigenvalue weighted by Gasteiger charge is -2.08. The van der Waals surface area contributed by atoms with E-state index in [2.05, 4.69) is 18.8 Å². The van der Waals surface area contributed by atoms with Gasteiger partial charge in [0.2, 0.25) is 5.78 Å². The van der Waals surface area contributed by atoms with E-state index in [4.69, 9.17) is 0 Å². The third-order valence-corrected chi connectivity index (χ3v) is 2.07. The minimum absolute atomic E-state index is 0.167. The number of hydrogen-bond acceptors (Lipinski definition) is 2. The molecule has 3 nitrogen and oxygen atoms in total. The van der Waals surface area contributed by atoms with Crippen LogP contribution in [0.15, 0.2) is 12.7 Å². The highest BCUT2D eigenvalue weighted by Gasteiger charge is 2.19. The van der Waals surface area contributed by atoms with Crippen molar-refractivity contribution in [3.05, 3.63) is 12.7 Å². The molecule has 0 unspecified atom stereocenters. The summed E-state index contributed by atoms with van der Waals surface area (Å²) >= 11 is 0. The molecule has 0 aromatic heterocycles. The van der Waals surface area contributed by atoms with Gasteiger partial charge in [-0.05, 0) is 6.42 Å². The van der Waals surface area contributed by atoms with E-state index in [1.807, 2.05) is 0 Å². The fraction of sp³-hybridized carbons (Fsp3) is 0.636. The molecule has 0 saturated carbocycles. The number of ketones is 1. The SMILES string of the molecule is C=CCNC(=O)C(=O)[C@@H](C)CCCC. The van der Waals surface area contributed by atoms with E-state index < -0.39 is 5.91 Å². The van der Waals surface area contributed by atoms with Gasteiger partial charge in [0.1, 0.15) is 0 Å². The van der Waals surface area contributed by atoms with Crippen LogP contribution in [-0.2, 0) is 9.59 Å². The van der Waals surface area contributed by atoms with Crippen LogP contribution in [0, 0.1) is 5.92 Å². The van der Waals surface area contributed by atoms with Crippen LogP contribution in [0.1, 0.15) is 33.1 Å². The molecule has 80 valence electrons. The number of hydrogen-bond donors (Lipinski definition) is 1. The van der Waals surface area contributed by atoms with Gasteiger partial charge in [-0.3, -0.25) is 9.59 Å². The first kappa shape index (κ1) is 12.9. The summed E-state index contributed by atoms with van der Waals surface area (Å²) in [5, 5.41) is 2.48. The number of carbonyl (C=O) groups is 2. The van der Waals surface area contributed by atoms with Crippen molar-refractivity contribution in [1.82, 2.24) is 5.32 Å². The van der Waals surface area contributed by atoms with E-state index in [0.29, 0.717) is 6.54 Å². The second kappa shape index (κ2) is 7.30. The summed E-state index contributed by atoms with van der Waals surface area (Å²) in [4.78, 5) is 22.6. The van der Waals surface area contributed by atoms with Crippen LogP contribution in [0.4, 0.5) is 0 Å². The Morgan fingerprint density at radius 2 is 2.14 bits per heavy atom. The van der Waals surface area contributed by atoms with Crippen molar-refractivity contribution >= 4 is 11.7 Å².